The summed E-state index contributed by atoms with van der Waals surface area (Å²) >= 11 is 6.14. The number of alkyl halides is 1. The van der Waals surface area contributed by atoms with Gasteiger partial charge in [0.2, 0.25) is 0 Å². The Balaban J connectivity index is 1.47. The van der Waals surface area contributed by atoms with Gasteiger partial charge in [0.15, 0.2) is 11.6 Å². The summed E-state index contributed by atoms with van der Waals surface area (Å²) < 4.78 is 0. The lowest BCUT2D eigenvalue weighted by Crippen LogP contribution is -2.69. The van der Waals surface area contributed by atoms with Gasteiger partial charge in [-0.15, -0.1) is 11.6 Å². The number of carbonyl (C=O) groups excluding carboxylic acids is 2. The van der Waals surface area contributed by atoms with Gasteiger partial charge in [-0.3, -0.25) is 24.2 Å². The van der Waals surface area contributed by atoms with E-state index in [1.165, 1.54) is 0 Å². The number of aliphatic carboxylic acids is 1. The summed E-state index contributed by atoms with van der Waals surface area (Å²) in [6, 6.07) is 0. The summed E-state index contributed by atoms with van der Waals surface area (Å²) in [6.07, 6.45) is 9.31. The van der Waals surface area contributed by atoms with Crippen LogP contribution in [-0.2, 0) is 14.4 Å². The first-order chi connectivity index (χ1) is 13.9. The van der Waals surface area contributed by atoms with E-state index in [9.17, 15) is 14.4 Å². The first kappa shape index (κ1) is 20.7. The largest absolute Gasteiger partial charge is 0.480 e. The molecule has 2 saturated heterocycles. The number of ketones is 2. The van der Waals surface area contributed by atoms with Crippen LogP contribution in [0.1, 0.15) is 19.3 Å². The summed E-state index contributed by atoms with van der Waals surface area (Å²) in [6.45, 7) is 3.82. The number of hydrazine groups is 1. The van der Waals surface area contributed by atoms with Crippen LogP contribution in [0.15, 0.2) is 24.3 Å². The Bertz CT molecular complexity index is 749. The fourth-order valence-electron chi connectivity index (χ4n) is 4.93. The SMILES string of the molecule is O=C(O)CN1CCN(C2CCCN2NC23C=CC=CC2C(=O)C(Cl)CC3=O)CC1. The van der Waals surface area contributed by atoms with Gasteiger partial charge in [-0.05, 0) is 12.8 Å². The summed E-state index contributed by atoms with van der Waals surface area (Å²) in [5.74, 6) is -1.56. The zero-order chi connectivity index (χ0) is 20.6. The molecule has 29 heavy (non-hydrogen) atoms. The van der Waals surface area contributed by atoms with Crippen LogP contribution in [0.4, 0.5) is 0 Å². The molecule has 9 heteroatoms. The van der Waals surface area contributed by atoms with Crippen molar-refractivity contribution in [3.05, 3.63) is 24.3 Å². The number of nitrogens with one attached hydrogen (secondary N) is 1. The Morgan fingerprint density at radius 3 is 2.69 bits per heavy atom. The van der Waals surface area contributed by atoms with Crippen molar-refractivity contribution in [1.29, 1.82) is 0 Å². The van der Waals surface area contributed by atoms with Crippen LogP contribution in [0.3, 0.4) is 0 Å². The van der Waals surface area contributed by atoms with E-state index in [4.69, 9.17) is 16.7 Å². The molecule has 2 heterocycles. The van der Waals surface area contributed by atoms with Crippen molar-refractivity contribution in [3.63, 3.8) is 0 Å². The zero-order valence-corrected chi connectivity index (χ0v) is 17.1. The highest BCUT2D eigenvalue weighted by atomic mass is 35.5. The molecule has 2 aliphatic heterocycles. The second-order valence-electron chi connectivity index (χ2n) is 8.22. The number of allylic oxidation sites excluding steroid dienone is 2. The van der Waals surface area contributed by atoms with Gasteiger partial charge < -0.3 is 5.11 Å². The molecule has 0 spiro atoms. The smallest absolute Gasteiger partial charge is 0.317 e. The molecule has 8 nitrogen and oxygen atoms in total. The molecule has 0 radical (unpaired) electrons. The van der Waals surface area contributed by atoms with Crippen LogP contribution in [0.2, 0.25) is 0 Å². The Kier molecular flexibility index (Phi) is 5.90. The molecule has 2 N–H and O–H groups in total. The maximum Gasteiger partial charge on any atom is 0.317 e. The fourth-order valence-corrected chi connectivity index (χ4v) is 5.20. The number of halogens is 1. The Labute approximate surface area is 175 Å². The van der Waals surface area contributed by atoms with Crippen LogP contribution in [-0.4, -0.2) is 93.8 Å². The monoisotopic (exact) mass is 422 g/mol. The minimum atomic E-state index is -1.06. The number of piperazine rings is 1. The Morgan fingerprint density at radius 2 is 1.97 bits per heavy atom. The average molecular weight is 423 g/mol. The topological polar surface area (TPSA) is 93.2 Å². The van der Waals surface area contributed by atoms with Crippen molar-refractivity contribution < 1.29 is 19.5 Å². The summed E-state index contributed by atoms with van der Waals surface area (Å²) in [7, 11) is 0. The van der Waals surface area contributed by atoms with E-state index >= 15 is 0 Å². The van der Waals surface area contributed by atoms with Gasteiger partial charge >= 0.3 is 5.97 Å². The molecule has 4 unspecified atom stereocenters. The Morgan fingerprint density at radius 1 is 1.21 bits per heavy atom. The van der Waals surface area contributed by atoms with Gasteiger partial charge in [0.25, 0.3) is 0 Å². The average Bonchev–Trinajstić information content (AvgIpc) is 3.14. The highest BCUT2D eigenvalue weighted by molar-refractivity contribution is 6.34. The number of fused-ring (bicyclic) bond motifs is 1. The maximum absolute atomic E-state index is 13.0. The molecule has 4 rings (SSSR count). The molecule has 0 bridgehead atoms. The van der Waals surface area contributed by atoms with Gasteiger partial charge in [-0.1, -0.05) is 24.3 Å². The van der Waals surface area contributed by atoms with Crippen LogP contribution in [0, 0.1) is 5.92 Å². The van der Waals surface area contributed by atoms with E-state index in [1.54, 1.807) is 18.2 Å². The predicted octanol–water partition coefficient (Wildman–Crippen LogP) is 0.245. The van der Waals surface area contributed by atoms with E-state index in [-0.39, 0.29) is 30.7 Å². The normalized spacial score (nSPS) is 36.5. The molecule has 3 fully saturated rings. The second kappa shape index (κ2) is 8.28. The Hall–Kier alpha value is -1.58. The lowest BCUT2D eigenvalue weighted by atomic mass is 9.69. The van der Waals surface area contributed by atoms with Crippen LogP contribution < -0.4 is 5.43 Å². The fraction of sp³-hybridized carbons (Fsp3) is 0.650. The molecule has 0 amide bonds. The number of carbonyl (C=O) groups is 3. The van der Waals surface area contributed by atoms with Crippen molar-refractivity contribution in [1.82, 2.24) is 20.2 Å². The van der Waals surface area contributed by atoms with E-state index < -0.39 is 22.8 Å². The predicted molar refractivity (Wildman–Crippen MR) is 107 cm³/mol. The van der Waals surface area contributed by atoms with Crippen molar-refractivity contribution in [2.45, 2.75) is 36.3 Å². The number of nitrogens with zero attached hydrogens (tertiary/aromatic N) is 3. The van der Waals surface area contributed by atoms with Gasteiger partial charge in [0, 0.05) is 39.1 Å². The second-order valence-corrected chi connectivity index (χ2v) is 8.75. The van der Waals surface area contributed by atoms with Crippen LogP contribution in [0.25, 0.3) is 0 Å². The van der Waals surface area contributed by atoms with Crippen molar-refractivity contribution in [3.8, 4) is 0 Å². The highest BCUT2D eigenvalue weighted by Gasteiger charge is 2.54. The van der Waals surface area contributed by atoms with E-state index in [1.807, 2.05) is 11.0 Å². The van der Waals surface area contributed by atoms with Gasteiger partial charge in [-0.2, -0.15) is 0 Å². The number of Topliss-reactive ketones (excluding diaryl/α,β-unsaturated/α-hetero) is 2. The molecule has 158 valence electrons. The molecule has 0 aromatic heterocycles. The molecular formula is C20H27ClN4O4. The quantitative estimate of drug-likeness (QED) is 0.609. The first-order valence-electron chi connectivity index (χ1n) is 10.2. The molecule has 4 aliphatic rings. The van der Waals surface area contributed by atoms with Crippen molar-refractivity contribution in [2.24, 2.45) is 5.92 Å². The zero-order valence-electron chi connectivity index (χ0n) is 16.3. The van der Waals surface area contributed by atoms with E-state index in [0.717, 1.165) is 32.5 Å². The number of hydrogen-bond donors (Lipinski definition) is 2. The van der Waals surface area contributed by atoms with Gasteiger partial charge in [-0.25, -0.2) is 10.4 Å². The standard InChI is InChI=1S/C20H27ClN4O4/c21-15-12-16(26)20(6-2-1-4-14(20)19(15)29)22-25-7-3-5-17(25)24-10-8-23(9-11-24)13-18(27)28/h1-2,4,6,14-15,17,22H,3,5,7-13H2,(H,27,28). The van der Waals surface area contributed by atoms with Crippen LogP contribution in [0.5, 0.6) is 0 Å². The number of carboxylic acids is 1. The molecule has 1 saturated carbocycles. The van der Waals surface area contributed by atoms with Gasteiger partial charge in [0.05, 0.1) is 24.0 Å². The third kappa shape index (κ3) is 3.92. The van der Waals surface area contributed by atoms with E-state index in [2.05, 4.69) is 15.3 Å². The minimum absolute atomic E-state index is 0.0361. The molecule has 0 aromatic rings. The molecule has 2 aliphatic carbocycles. The first-order valence-corrected chi connectivity index (χ1v) is 10.6. The van der Waals surface area contributed by atoms with Crippen molar-refractivity contribution >= 4 is 29.1 Å². The molecular weight excluding hydrogens is 396 g/mol. The lowest BCUT2D eigenvalue weighted by molar-refractivity contribution is -0.141. The van der Waals surface area contributed by atoms with Crippen LogP contribution >= 0.6 is 11.6 Å². The minimum Gasteiger partial charge on any atom is -0.480 e. The number of hydrogen-bond acceptors (Lipinski definition) is 7. The highest BCUT2D eigenvalue weighted by Crippen LogP contribution is 2.37. The summed E-state index contributed by atoms with van der Waals surface area (Å²) in [4.78, 5) is 41.0. The number of rotatable bonds is 5. The summed E-state index contributed by atoms with van der Waals surface area (Å²) in [5.41, 5.74) is 2.38. The molecule has 4 atom stereocenters. The van der Waals surface area contributed by atoms with Crippen molar-refractivity contribution in [2.75, 3.05) is 39.3 Å². The lowest BCUT2D eigenvalue weighted by Gasteiger charge is -2.47. The third-order valence-corrected chi connectivity index (χ3v) is 6.81. The number of carboxylic acid groups (broad SMARTS) is 1. The third-order valence-electron chi connectivity index (χ3n) is 6.44. The van der Waals surface area contributed by atoms with Gasteiger partial charge in [0.1, 0.15) is 5.54 Å². The molecule has 0 aromatic carbocycles. The van der Waals surface area contributed by atoms with E-state index in [0.29, 0.717) is 13.1 Å². The summed E-state index contributed by atoms with van der Waals surface area (Å²) in [5, 5.41) is 10.3. The maximum atomic E-state index is 13.0.